The molecule has 2 saturated carbocycles. The van der Waals surface area contributed by atoms with Crippen LogP contribution in [0, 0.1) is 17.8 Å². The maximum absolute atomic E-state index is 13.2. The van der Waals surface area contributed by atoms with Crippen molar-refractivity contribution in [1.82, 2.24) is 0 Å². The lowest BCUT2D eigenvalue weighted by molar-refractivity contribution is -0.219. The van der Waals surface area contributed by atoms with Crippen molar-refractivity contribution >= 4 is 0 Å². The summed E-state index contributed by atoms with van der Waals surface area (Å²) >= 11 is 0. The Bertz CT molecular complexity index is 404. The summed E-state index contributed by atoms with van der Waals surface area (Å²) in [5, 5.41) is 0. The van der Waals surface area contributed by atoms with Crippen LogP contribution in [0.1, 0.15) is 96.8 Å². The third-order valence-corrected chi connectivity index (χ3v) is 6.57. The van der Waals surface area contributed by atoms with Gasteiger partial charge in [-0.25, -0.2) is 0 Å². The van der Waals surface area contributed by atoms with Crippen molar-refractivity contribution in [2.45, 2.75) is 109 Å². The third kappa shape index (κ3) is 8.58. The minimum absolute atomic E-state index is 0.0418. The first-order chi connectivity index (χ1) is 13.0. The van der Waals surface area contributed by atoms with Crippen molar-refractivity contribution in [3.8, 4) is 0 Å². The second-order valence-electron chi connectivity index (χ2n) is 8.70. The van der Waals surface area contributed by atoms with Gasteiger partial charge in [-0.15, -0.1) is 0 Å². The van der Waals surface area contributed by atoms with E-state index in [1.165, 1.54) is 44.9 Å². The zero-order chi connectivity index (χ0) is 19.5. The quantitative estimate of drug-likeness (QED) is 0.273. The third-order valence-electron chi connectivity index (χ3n) is 6.57. The molecule has 2 aliphatic rings. The van der Waals surface area contributed by atoms with Gasteiger partial charge in [-0.3, -0.25) is 0 Å². The highest BCUT2D eigenvalue weighted by atomic mass is 19.4. The molecule has 0 saturated heterocycles. The van der Waals surface area contributed by atoms with Crippen LogP contribution in [-0.2, 0) is 4.74 Å². The van der Waals surface area contributed by atoms with Crippen molar-refractivity contribution < 1.29 is 17.9 Å². The average Bonchev–Trinajstić information content (AvgIpc) is 2.67. The minimum atomic E-state index is -4.27. The molecule has 27 heavy (non-hydrogen) atoms. The van der Waals surface area contributed by atoms with E-state index in [0.29, 0.717) is 5.92 Å². The van der Waals surface area contributed by atoms with Gasteiger partial charge in [0.1, 0.15) is 0 Å². The molecule has 2 fully saturated rings. The zero-order valence-corrected chi connectivity index (χ0v) is 17.1. The van der Waals surface area contributed by atoms with Gasteiger partial charge >= 0.3 is 6.18 Å². The van der Waals surface area contributed by atoms with Crippen molar-refractivity contribution in [2.75, 3.05) is 6.61 Å². The molecule has 0 aliphatic heterocycles. The molecular formula is C23H39F3O. The summed E-state index contributed by atoms with van der Waals surface area (Å²) in [5.41, 5.74) is 0. The van der Waals surface area contributed by atoms with E-state index in [4.69, 9.17) is 4.74 Å². The van der Waals surface area contributed by atoms with Crippen LogP contribution < -0.4 is 0 Å². The van der Waals surface area contributed by atoms with Crippen molar-refractivity contribution in [1.29, 1.82) is 0 Å². The highest BCUT2D eigenvalue weighted by Gasteiger charge is 2.39. The molecule has 0 N–H and O–H groups in total. The van der Waals surface area contributed by atoms with E-state index in [-0.39, 0.29) is 13.0 Å². The number of allylic oxidation sites excluding steroid dienone is 1. The predicted molar refractivity (Wildman–Crippen MR) is 106 cm³/mol. The highest BCUT2D eigenvalue weighted by molar-refractivity contribution is 4.94. The lowest BCUT2D eigenvalue weighted by atomic mass is 9.71. The molecule has 4 heteroatoms. The van der Waals surface area contributed by atoms with E-state index in [0.717, 1.165) is 50.4 Å². The van der Waals surface area contributed by atoms with E-state index in [9.17, 15) is 13.2 Å². The topological polar surface area (TPSA) is 9.23 Å². The number of hydrogen-bond acceptors (Lipinski definition) is 1. The highest BCUT2D eigenvalue weighted by Crippen LogP contribution is 2.40. The lowest BCUT2D eigenvalue weighted by Crippen LogP contribution is -2.31. The van der Waals surface area contributed by atoms with Crippen LogP contribution in [0.3, 0.4) is 0 Å². The molecule has 0 aromatic carbocycles. The number of unbranched alkanes of at least 4 members (excludes halogenated alkanes) is 3. The molecule has 0 spiro atoms. The van der Waals surface area contributed by atoms with Crippen molar-refractivity contribution in [3.63, 3.8) is 0 Å². The number of halogens is 3. The molecular weight excluding hydrogens is 349 g/mol. The van der Waals surface area contributed by atoms with Crippen LogP contribution in [0.2, 0.25) is 0 Å². The van der Waals surface area contributed by atoms with Crippen LogP contribution in [0.4, 0.5) is 13.2 Å². The van der Waals surface area contributed by atoms with Crippen LogP contribution in [0.5, 0.6) is 0 Å². The second kappa shape index (κ2) is 12.1. The van der Waals surface area contributed by atoms with Crippen molar-refractivity contribution in [3.05, 3.63) is 12.2 Å². The van der Waals surface area contributed by atoms with E-state index in [2.05, 4.69) is 6.92 Å². The van der Waals surface area contributed by atoms with Gasteiger partial charge in [0.2, 0.25) is 0 Å². The zero-order valence-electron chi connectivity index (χ0n) is 17.1. The summed E-state index contributed by atoms with van der Waals surface area (Å²) in [6.45, 7) is 2.30. The van der Waals surface area contributed by atoms with E-state index in [1.54, 1.807) is 6.08 Å². The van der Waals surface area contributed by atoms with Gasteiger partial charge in [-0.1, -0.05) is 70.4 Å². The SMILES string of the molecule is CCCCCCOC(CC=CC1CCC(C2CCCCC2)CC1)C(F)(F)F. The smallest absolute Gasteiger partial charge is 0.368 e. The lowest BCUT2D eigenvalue weighted by Gasteiger charge is -2.35. The maximum Gasteiger partial charge on any atom is 0.414 e. The Labute approximate surface area is 164 Å². The molecule has 0 radical (unpaired) electrons. The first kappa shape index (κ1) is 22.8. The standard InChI is InChI=1S/C23H39F3O/c1-2-3-4-8-18-27-22(23(24,25)26)13-9-10-19-14-16-21(17-15-19)20-11-6-5-7-12-20/h9-10,19-22H,2-8,11-18H2,1H3. The molecule has 0 heterocycles. The molecule has 2 aliphatic carbocycles. The molecule has 1 unspecified atom stereocenters. The van der Waals surface area contributed by atoms with Gasteiger partial charge < -0.3 is 4.74 Å². The second-order valence-corrected chi connectivity index (χ2v) is 8.70. The molecule has 0 aromatic rings. The summed E-state index contributed by atoms with van der Waals surface area (Å²) < 4.78 is 44.6. The van der Waals surface area contributed by atoms with E-state index < -0.39 is 12.3 Å². The Balaban J connectivity index is 1.68. The van der Waals surface area contributed by atoms with Gasteiger partial charge in [0.25, 0.3) is 0 Å². The summed E-state index contributed by atoms with van der Waals surface area (Å²) in [4.78, 5) is 0. The van der Waals surface area contributed by atoms with Gasteiger partial charge in [0.15, 0.2) is 6.10 Å². The van der Waals surface area contributed by atoms with Crippen LogP contribution >= 0.6 is 0 Å². The van der Waals surface area contributed by atoms with E-state index >= 15 is 0 Å². The summed E-state index contributed by atoms with van der Waals surface area (Å²) in [7, 11) is 0. The predicted octanol–water partition coefficient (Wildman–Crippen LogP) is 7.85. The van der Waals surface area contributed by atoms with Gasteiger partial charge in [0.05, 0.1) is 0 Å². The fraction of sp³-hybridized carbons (Fsp3) is 0.913. The Hall–Kier alpha value is -0.510. The fourth-order valence-electron chi connectivity index (χ4n) is 4.86. The Morgan fingerprint density at radius 3 is 2.19 bits per heavy atom. The molecule has 0 aromatic heterocycles. The Morgan fingerprint density at radius 2 is 1.56 bits per heavy atom. The van der Waals surface area contributed by atoms with Crippen molar-refractivity contribution in [2.24, 2.45) is 17.8 Å². The molecule has 0 amide bonds. The Morgan fingerprint density at radius 1 is 0.889 bits per heavy atom. The Kier molecular flexibility index (Phi) is 10.2. The van der Waals surface area contributed by atoms with Crippen LogP contribution in [0.15, 0.2) is 12.2 Å². The van der Waals surface area contributed by atoms with Gasteiger partial charge in [-0.2, -0.15) is 13.2 Å². The van der Waals surface area contributed by atoms with E-state index in [1.807, 2.05) is 6.08 Å². The monoisotopic (exact) mass is 388 g/mol. The largest absolute Gasteiger partial charge is 0.414 e. The first-order valence-electron chi connectivity index (χ1n) is 11.4. The minimum Gasteiger partial charge on any atom is -0.368 e. The van der Waals surface area contributed by atoms with Crippen LogP contribution in [-0.4, -0.2) is 18.9 Å². The molecule has 2 rings (SSSR count). The molecule has 1 atom stereocenters. The summed E-state index contributed by atoms with van der Waals surface area (Å²) in [6.07, 6.45) is 13.4. The summed E-state index contributed by atoms with van der Waals surface area (Å²) in [5.74, 6) is 2.24. The molecule has 0 bridgehead atoms. The first-order valence-corrected chi connectivity index (χ1v) is 11.4. The van der Waals surface area contributed by atoms with Gasteiger partial charge in [0, 0.05) is 13.0 Å². The maximum atomic E-state index is 13.2. The number of alkyl halides is 3. The van der Waals surface area contributed by atoms with Crippen LogP contribution in [0.25, 0.3) is 0 Å². The number of ether oxygens (including phenoxy) is 1. The number of rotatable bonds is 10. The molecule has 158 valence electrons. The number of hydrogen-bond donors (Lipinski definition) is 0. The average molecular weight is 389 g/mol. The van der Waals surface area contributed by atoms with Gasteiger partial charge in [-0.05, 0) is 49.9 Å². The fourth-order valence-corrected chi connectivity index (χ4v) is 4.86. The summed E-state index contributed by atoms with van der Waals surface area (Å²) in [6, 6.07) is 0. The molecule has 1 nitrogen and oxygen atoms in total. The normalized spacial score (nSPS) is 26.5.